The summed E-state index contributed by atoms with van der Waals surface area (Å²) in [5.41, 5.74) is 3.27. The van der Waals surface area contributed by atoms with Crippen LogP contribution in [-0.4, -0.2) is 39.2 Å². The van der Waals surface area contributed by atoms with Crippen LogP contribution in [0.2, 0.25) is 0 Å². The number of ether oxygens (including phenoxy) is 2. The van der Waals surface area contributed by atoms with Crippen LogP contribution in [0.5, 0.6) is 11.8 Å². The molecule has 8 nitrogen and oxygen atoms in total. The number of carboxylic acids is 1. The van der Waals surface area contributed by atoms with Crippen molar-refractivity contribution in [2.75, 3.05) is 13.2 Å². The van der Waals surface area contributed by atoms with Crippen LogP contribution in [0.1, 0.15) is 30.4 Å². The standard InChI is InChI=1S/C20H21N3O5/c1-11-7-14(8-12(2)17(11)27-10-16(24)25)18-22-15-9-21-20(23-19(15)28-18)26-6-5-13-3-4-13/h7-9,13H,3-6,10H2,1-2H3,(H,24,25). The lowest BCUT2D eigenvalue weighted by atomic mass is 10.1. The summed E-state index contributed by atoms with van der Waals surface area (Å²) >= 11 is 0. The van der Waals surface area contributed by atoms with Gasteiger partial charge in [0.15, 0.2) is 6.61 Å². The minimum absolute atomic E-state index is 0.292. The Hall–Kier alpha value is -3.16. The van der Waals surface area contributed by atoms with Crippen LogP contribution >= 0.6 is 0 Å². The van der Waals surface area contributed by atoms with E-state index in [1.165, 1.54) is 12.8 Å². The molecule has 0 atom stereocenters. The van der Waals surface area contributed by atoms with E-state index in [1.807, 2.05) is 26.0 Å². The van der Waals surface area contributed by atoms with Crippen LogP contribution in [0, 0.1) is 19.8 Å². The summed E-state index contributed by atoms with van der Waals surface area (Å²) in [6.45, 7) is 3.92. The third-order valence-corrected chi connectivity index (χ3v) is 4.63. The quantitative estimate of drug-likeness (QED) is 0.629. The summed E-state index contributed by atoms with van der Waals surface area (Å²) in [7, 11) is 0. The third kappa shape index (κ3) is 4.05. The van der Waals surface area contributed by atoms with Gasteiger partial charge in [0.2, 0.25) is 5.89 Å². The van der Waals surface area contributed by atoms with E-state index >= 15 is 0 Å². The molecule has 1 aliphatic rings. The van der Waals surface area contributed by atoms with E-state index in [4.69, 9.17) is 19.0 Å². The minimum Gasteiger partial charge on any atom is -0.481 e. The molecule has 1 fully saturated rings. The van der Waals surface area contributed by atoms with Gasteiger partial charge in [-0.15, -0.1) is 0 Å². The molecule has 0 radical (unpaired) electrons. The molecule has 2 heterocycles. The van der Waals surface area contributed by atoms with Crippen molar-refractivity contribution in [1.29, 1.82) is 0 Å². The summed E-state index contributed by atoms with van der Waals surface area (Å²) in [6.07, 6.45) is 5.19. The first-order valence-electron chi connectivity index (χ1n) is 9.22. The first-order chi connectivity index (χ1) is 13.5. The van der Waals surface area contributed by atoms with E-state index in [9.17, 15) is 4.79 Å². The average molecular weight is 383 g/mol. The Labute approximate surface area is 161 Å². The number of benzene rings is 1. The lowest BCUT2D eigenvalue weighted by molar-refractivity contribution is -0.139. The molecule has 0 amide bonds. The SMILES string of the molecule is Cc1cc(-c2nc3cnc(OCCC4CC4)nc3o2)cc(C)c1OCC(=O)O. The molecule has 1 saturated carbocycles. The molecule has 0 bridgehead atoms. The van der Waals surface area contributed by atoms with Crippen molar-refractivity contribution in [3.8, 4) is 23.2 Å². The number of aliphatic carboxylic acids is 1. The molecule has 0 saturated heterocycles. The molecule has 8 heteroatoms. The summed E-state index contributed by atoms with van der Waals surface area (Å²) in [6, 6.07) is 3.98. The molecule has 1 aliphatic carbocycles. The van der Waals surface area contributed by atoms with Gasteiger partial charge in [-0.3, -0.25) is 0 Å². The summed E-state index contributed by atoms with van der Waals surface area (Å²) in [5.74, 6) is 0.730. The molecule has 1 aromatic carbocycles. The van der Waals surface area contributed by atoms with Crippen molar-refractivity contribution in [3.05, 3.63) is 29.5 Å². The monoisotopic (exact) mass is 383 g/mol. The molecule has 3 aromatic rings. The van der Waals surface area contributed by atoms with Gasteiger partial charge in [-0.2, -0.15) is 4.98 Å². The van der Waals surface area contributed by atoms with Crippen LogP contribution in [0.25, 0.3) is 22.7 Å². The minimum atomic E-state index is -1.02. The normalized spacial score (nSPS) is 13.6. The smallest absolute Gasteiger partial charge is 0.341 e. The lowest BCUT2D eigenvalue weighted by Gasteiger charge is -2.11. The van der Waals surface area contributed by atoms with Gasteiger partial charge in [0, 0.05) is 5.56 Å². The first kappa shape index (κ1) is 18.2. The number of fused-ring (bicyclic) bond motifs is 1. The molecule has 2 aromatic heterocycles. The molecule has 146 valence electrons. The van der Waals surface area contributed by atoms with Crippen LogP contribution in [-0.2, 0) is 4.79 Å². The van der Waals surface area contributed by atoms with Gasteiger partial charge >= 0.3 is 12.0 Å². The number of carboxylic acid groups (broad SMARTS) is 1. The number of nitrogens with zero attached hydrogens (tertiary/aromatic N) is 3. The Balaban J connectivity index is 1.55. The van der Waals surface area contributed by atoms with E-state index in [1.54, 1.807) is 6.20 Å². The van der Waals surface area contributed by atoms with Crippen molar-refractivity contribution in [1.82, 2.24) is 15.0 Å². The second-order valence-corrected chi connectivity index (χ2v) is 7.06. The molecular weight excluding hydrogens is 362 g/mol. The number of aromatic nitrogens is 3. The largest absolute Gasteiger partial charge is 0.481 e. The number of carbonyl (C=O) groups is 1. The number of aryl methyl sites for hydroxylation is 2. The predicted molar refractivity (Wildman–Crippen MR) is 100 cm³/mol. The molecule has 28 heavy (non-hydrogen) atoms. The number of hydrogen-bond donors (Lipinski definition) is 1. The topological polar surface area (TPSA) is 108 Å². The van der Waals surface area contributed by atoms with Gasteiger partial charge in [-0.05, 0) is 49.4 Å². The van der Waals surface area contributed by atoms with Crippen molar-refractivity contribution in [2.45, 2.75) is 33.1 Å². The number of hydrogen-bond acceptors (Lipinski definition) is 7. The highest BCUT2D eigenvalue weighted by Gasteiger charge is 2.21. The van der Waals surface area contributed by atoms with Gasteiger partial charge in [0.25, 0.3) is 5.71 Å². The zero-order valence-electron chi connectivity index (χ0n) is 15.8. The Morgan fingerprint density at radius 2 is 1.96 bits per heavy atom. The lowest BCUT2D eigenvalue weighted by Crippen LogP contribution is -2.10. The molecule has 4 rings (SSSR count). The van der Waals surface area contributed by atoms with Crippen molar-refractivity contribution >= 4 is 17.2 Å². The fourth-order valence-corrected chi connectivity index (χ4v) is 3.07. The third-order valence-electron chi connectivity index (χ3n) is 4.63. The molecule has 0 spiro atoms. The fourth-order valence-electron chi connectivity index (χ4n) is 3.07. The molecule has 0 aliphatic heterocycles. The predicted octanol–water partition coefficient (Wildman–Crippen LogP) is 3.54. The Morgan fingerprint density at radius 1 is 1.21 bits per heavy atom. The molecule has 1 N–H and O–H groups in total. The maximum atomic E-state index is 10.7. The van der Waals surface area contributed by atoms with E-state index in [0.29, 0.717) is 35.5 Å². The van der Waals surface area contributed by atoms with E-state index in [0.717, 1.165) is 29.0 Å². The van der Waals surface area contributed by atoms with Crippen LogP contribution < -0.4 is 9.47 Å². The zero-order valence-corrected chi connectivity index (χ0v) is 15.8. The van der Waals surface area contributed by atoms with E-state index < -0.39 is 5.97 Å². The summed E-state index contributed by atoms with van der Waals surface area (Å²) in [5, 5.41) is 8.80. The van der Waals surface area contributed by atoms with Gasteiger partial charge in [0.1, 0.15) is 11.3 Å². The zero-order chi connectivity index (χ0) is 19.7. The second-order valence-electron chi connectivity index (χ2n) is 7.06. The number of oxazole rings is 1. The Kier molecular flexibility index (Phi) is 4.85. The Bertz CT molecular complexity index is 1000. The maximum Gasteiger partial charge on any atom is 0.341 e. The summed E-state index contributed by atoms with van der Waals surface area (Å²) in [4.78, 5) is 23.7. The van der Waals surface area contributed by atoms with Crippen LogP contribution in [0.3, 0.4) is 0 Å². The maximum absolute atomic E-state index is 10.7. The second kappa shape index (κ2) is 7.46. The Morgan fingerprint density at radius 3 is 2.64 bits per heavy atom. The summed E-state index contributed by atoms with van der Waals surface area (Å²) < 4.78 is 16.8. The van der Waals surface area contributed by atoms with Gasteiger partial charge in [-0.1, -0.05) is 12.8 Å². The highest BCUT2D eigenvalue weighted by Crippen LogP contribution is 2.33. The van der Waals surface area contributed by atoms with Crippen LogP contribution in [0.15, 0.2) is 22.7 Å². The highest BCUT2D eigenvalue weighted by molar-refractivity contribution is 5.73. The van der Waals surface area contributed by atoms with E-state index in [2.05, 4.69) is 15.0 Å². The van der Waals surface area contributed by atoms with Gasteiger partial charge < -0.3 is 19.0 Å². The first-order valence-corrected chi connectivity index (χ1v) is 9.22. The van der Waals surface area contributed by atoms with Gasteiger partial charge in [-0.25, -0.2) is 14.8 Å². The molecule has 0 unspecified atom stereocenters. The van der Waals surface area contributed by atoms with E-state index in [-0.39, 0.29) is 6.61 Å². The number of rotatable bonds is 8. The van der Waals surface area contributed by atoms with Crippen LogP contribution in [0.4, 0.5) is 0 Å². The van der Waals surface area contributed by atoms with Crippen molar-refractivity contribution in [3.63, 3.8) is 0 Å². The molecular formula is C20H21N3O5. The van der Waals surface area contributed by atoms with Crippen molar-refractivity contribution in [2.24, 2.45) is 5.92 Å². The highest BCUT2D eigenvalue weighted by atomic mass is 16.5. The van der Waals surface area contributed by atoms with Crippen molar-refractivity contribution < 1.29 is 23.8 Å². The fraction of sp³-hybridized carbons (Fsp3) is 0.400. The van der Waals surface area contributed by atoms with Gasteiger partial charge in [0.05, 0.1) is 12.8 Å². The average Bonchev–Trinajstić information content (AvgIpc) is 3.37.